The molecule has 0 aliphatic heterocycles. The summed E-state index contributed by atoms with van der Waals surface area (Å²) in [6, 6.07) is 4.07. The minimum absolute atomic E-state index is 0.865. The average molecular weight is 245 g/mol. The van der Waals surface area contributed by atoms with E-state index in [-0.39, 0.29) is 0 Å². The number of hydrogen-bond donors (Lipinski definition) is 2. The molecule has 0 bridgehead atoms. The van der Waals surface area contributed by atoms with Gasteiger partial charge in [-0.25, -0.2) is 9.97 Å². The number of aromatic nitrogens is 3. The molecule has 2 heterocycles. The molecule has 5 heteroatoms. The highest BCUT2D eigenvalue weighted by Crippen LogP contribution is 2.13. The maximum absolute atomic E-state index is 4.29. The third-order valence-corrected chi connectivity index (χ3v) is 2.80. The summed E-state index contributed by atoms with van der Waals surface area (Å²) in [6.07, 6.45) is 6.57. The summed E-state index contributed by atoms with van der Waals surface area (Å²) in [7, 11) is 2.05. The zero-order valence-electron chi connectivity index (χ0n) is 10.8. The van der Waals surface area contributed by atoms with E-state index in [1.807, 2.05) is 25.5 Å². The Balaban J connectivity index is 1.95. The Morgan fingerprint density at radius 1 is 1.39 bits per heavy atom. The van der Waals surface area contributed by atoms with Gasteiger partial charge in [-0.1, -0.05) is 0 Å². The van der Waals surface area contributed by atoms with E-state index in [2.05, 4.69) is 38.2 Å². The molecule has 0 aromatic carbocycles. The molecule has 0 radical (unpaired) electrons. The summed E-state index contributed by atoms with van der Waals surface area (Å²) in [5, 5.41) is 3.19. The van der Waals surface area contributed by atoms with Crippen molar-refractivity contribution >= 4 is 11.6 Å². The summed E-state index contributed by atoms with van der Waals surface area (Å²) in [5.74, 6) is 1.81. The highest BCUT2D eigenvalue weighted by Gasteiger charge is 2.04. The van der Waals surface area contributed by atoms with Crippen molar-refractivity contribution in [1.82, 2.24) is 15.0 Å². The van der Waals surface area contributed by atoms with Crippen molar-refractivity contribution in [2.75, 3.05) is 30.4 Å². The minimum atomic E-state index is 0.865. The van der Waals surface area contributed by atoms with Crippen LogP contribution >= 0.6 is 0 Å². The van der Waals surface area contributed by atoms with Crippen LogP contribution in [0, 0.1) is 0 Å². The Labute approximate surface area is 107 Å². The van der Waals surface area contributed by atoms with Crippen LogP contribution in [0.2, 0.25) is 0 Å². The summed E-state index contributed by atoms with van der Waals surface area (Å²) >= 11 is 0. The third kappa shape index (κ3) is 3.23. The monoisotopic (exact) mass is 245 g/mol. The molecular formula is C13H19N5. The first-order valence-electron chi connectivity index (χ1n) is 6.18. The van der Waals surface area contributed by atoms with E-state index in [0.717, 1.165) is 31.1 Å². The Kier molecular flexibility index (Phi) is 4.17. The Morgan fingerprint density at radius 2 is 2.28 bits per heavy atom. The van der Waals surface area contributed by atoms with Crippen molar-refractivity contribution in [1.29, 1.82) is 0 Å². The molecule has 0 spiro atoms. The molecule has 0 atom stereocenters. The van der Waals surface area contributed by atoms with Crippen LogP contribution in [-0.2, 0) is 6.42 Å². The zero-order chi connectivity index (χ0) is 12.8. The van der Waals surface area contributed by atoms with Gasteiger partial charge in [0.25, 0.3) is 0 Å². The van der Waals surface area contributed by atoms with Gasteiger partial charge in [-0.05, 0) is 25.0 Å². The molecule has 0 unspecified atom stereocenters. The maximum atomic E-state index is 4.29. The highest BCUT2D eigenvalue weighted by molar-refractivity contribution is 5.47. The zero-order valence-corrected chi connectivity index (χ0v) is 10.8. The van der Waals surface area contributed by atoms with Crippen molar-refractivity contribution in [3.8, 4) is 0 Å². The van der Waals surface area contributed by atoms with Crippen molar-refractivity contribution in [2.24, 2.45) is 0 Å². The van der Waals surface area contributed by atoms with Crippen LogP contribution in [0.1, 0.15) is 12.5 Å². The fourth-order valence-corrected chi connectivity index (χ4v) is 1.76. The molecule has 0 saturated heterocycles. The van der Waals surface area contributed by atoms with Gasteiger partial charge in [-0.3, -0.25) is 0 Å². The molecule has 2 rings (SSSR count). The molecule has 18 heavy (non-hydrogen) atoms. The van der Waals surface area contributed by atoms with E-state index < -0.39 is 0 Å². The number of rotatable bonds is 6. The van der Waals surface area contributed by atoms with Gasteiger partial charge in [0.1, 0.15) is 18.0 Å². The molecule has 2 aromatic rings. The molecule has 96 valence electrons. The van der Waals surface area contributed by atoms with Gasteiger partial charge in [-0.15, -0.1) is 0 Å². The summed E-state index contributed by atoms with van der Waals surface area (Å²) < 4.78 is 0. The minimum Gasteiger partial charge on any atom is -0.370 e. The average Bonchev–Trinajstić information content (AvgIpc) is 2.90. The number of anilines is 2. The quantitative estimate of drug-likeness (QED) is 0.816. The number of nitrogens with one attached hydrogen (secondary N) is 2. The van der Waals surface area contributed by atoms with Crippen LogP contribution in [0.3, 0.4) is 0 Å². The second-order valence-electron chi connectivity index (χ2n) is 4.18. The van der Waals surface area contributed by atoms with Crippen molar-refractivity contribution in [2.45, 2.75) is 13.3 Å². The summed E-state index contributed by atoms with van der Waals surface area (Å²) in [4.78, 5) is 13.7. The van der Waals surface area contributed by atoms with Gasteiger partial charge >= 0.3 is 0 Å². The smallest absolute Gasteiger partial charge is 0.133 e. The van der Waals surface area contributed by atoms with Gasteiger partial charge in [0.15, 0.2) is 0 Å². The molecule has 0 aliphatic carbocycles. The fraction of sp³-hybridized carbons (Fsp3) is 0.385. The molecule has 2 aromatic heterocycles. The predicted molar refractivity (Wildman–Crippen MR) is 74.0 cm³/mol. The SMILES string of the molecule is CCNc1cc(N(C)CCc2cc[nH]c2)ncn1. The van der Waals surface area contributed by atoms with Gasteiger partial charge < -0.3 is 15.2 Å². The lowest BCUT2D eigenvalue weighted by molar-refractivity contribution is 0.856. The maximum Gasteiger partial charge on any atom is 0.133 e. The second kappa shape index (κ2) is 6.05. The lowest BCUT2D eigenvalue weighted by Gasteiger charge is -2.18. The van der Waals surface area contributed by atoms with Crippen molar-refractivity contribution in [3.63, 3.8) is 0 Å². The van der Waals surface area contributed by atoms with Crippen molar-refractivity contribution in [3.05, 3.63) is 36.4 Å². The molecular weight excluding hydrogens is 226 g/mol. The van der Waals surface area contributed by atoms with Gasteiger partial charge in [0.05, 0.1) is 0 Å². The first-order chi connectivity index (χ1) is 8.79. The third-order valence-electron chi connectivity index (χ3n) is 2.80. The Hall–Kier alpha value is -2.04. The van der Waals surface area contributed by atoms with Crippen LogP contribution in [-0.4, -0.2) is 35.1 Å². The number of aromatic amines is 1. The normalized spacial score (nSPS) is 10.3. The van der Waals surface area contributed by atoms with Crippen LogP contribution in [0.5, 0.6) is 0 Å². The molecule has 0 saturated carbocycles. The van der Waals surface area contributed by atoms with E-state index in [4.69, 9.17) is 0 Å². The Morgan fingerprint density at radius 3 is 3.00 bits per heavy atom. The van der Waals surface area contributed by atoms with Crippen molar-refractivity contribution < 1.29 is 0 Å². The van der Waals surface area contributed by atoms with Crippen LogP contribution in [0.4, 0.5) is 11.6 Å². The van der Waals surface area contributed by atoms with Crippen LogP contribution in [0.25, 0.3) is 0 Å². The number of nitrogens with zero attached hydrogens (tertiary/aromatic N) is 3. The fourth-order valence-electron chi connectivity index (χ4n) is 1.76. The van der Waals surface area contributed by atoms with E-state index >= 15 is 0 Å². The first kappa shape index (κ1) is 12.4. The lowest BCUT2D eigenvalue weighted by Crippen LogP contribution is -2.21. The molecule has 2 N–H and O–H groups in total. The lowest BCUT2D eigenvalue weighted by atomic mass is 10.2. The van der Waals surface area contributed by atoms with E-state index in [9.17, 15) is 0 Å². The van der Waals surface area contributed by atoms with Crippen LogP contribution in [0.15, 0.2) is 30.9 Å². The predicted octanol–water partition coefficient (Wildman–Crippen LogP) is 1.92. The van der Waals surface area contributed by atoms with Gasteiger partial charge in [-0.2, -0.15) is 0 Å². The summed E-state index contributed by atoms with van der Waals surface area (Å²) in [6.45, 7) is 3.85. The number of hydrogen-bond acceptors (Lipinski definition) is 4. The molecule has 5 nitrogen and oxygen atoms in total. The van der Waals surface area contributed by atoms with E-state index in [1.165, 1.54) is 5.56 Å². The molecule has 0 aliphatic rings. The van der Waals surface area contributed by atoms with Gasteiger partial charge in [0, 0.05) is 38.6 Å². The molecule has 0 amide bonds. The highest BCUT2D eigenvalue weighted by atomic mass is 15.2. The topological polar surface area (TPSA) is 56.8 Å². The van der Waals surface area contributed by atoms with Gasteiger partial charge in [0.2, 0.25) is 0 Å². The summed E-state index contributed by atoms with van der Waals surface area (Å²) in [5.41, 5.74) is 1.31. The largest absolute Gasteiger partial charge is 0.370 e. The van der Waals surface area contributed by atoms with E-state index in [0.29, 0.717) is 0 Å². The second-order valence-corrected chi connectivity index (χ2v) is 4.18. The van der Waals surface area contributed by atoms with Crippen LogP contribution < -0.4 is 10.2 Å². The number of likely N-dealkylation sites (N-methyl/N-ethyl adjacent to an activating group) is 1. The number of H-pyrrole nitrogens is 1. The Bertz CT molecular complexity index is 466. The molecule has 0 fully saturated rings. The standard InChI is InChI=1S/C13H19N5/c1-3-15-12-8-13(17-10-16-12)18(2)7-5-11-4-6-14-9-11/h4,6,8-10,14H,3,5,7H2,1-2H3,(H,15,16,17). The van der Waals surface area contributed by atoms with E-state index in [1.54, 1.807) is 6.33 Å². The first-order valence-corrected chi connectivity index (χ1v) is 6.18.